The molecule has 0 aliphatic carbocycles. The van der Waals surface area contributed by atoms with E-state index in [1.54, 1.807) is 25.0 Å². The molecule has 0 amide bonds. The number of hydrogen-bond acceptors (Lipinski definition) is 4. The highest BCUT2D eigenvalue weighted by Gasteiger charge is 2.05. The lowest BCUT2D eigenvalue weighted by Crippen LogP contribution is -2.03. The first-order valence-corrected chi connectivity index (χ1v) is 7.41. The summed E-state index contributed by atoms with van der Waals surface area (Å²) < 4.78 is 13.1. The molecule has 0 aliphatic heterocycles. The summed E-state index contributed by atoms with van der Waals surface area (Å²) in [7, 11) is -0.746. The van der Waals surface area contributed by atoms with Gasteiger partial charge in [-0.05, 0) is 18.6 Å². The first-order chi connectivity index (χ1) is 8.66. The van der Waals surface area contributed by atoms with Crippen molar-refractivity contribution in [1.29, 1.82) is 0 Å². The average Bonchev–Trinajstić information content (AvgIpc) is 2.77. The molecule has 2 rings (SSSR count). The van der Waals surface area contributed by atoms with E-state index < -0.39 is 10.8 Å². The lowest BCUT2D eigenvalue weighted by Gasteiger charge is -2.07. The Bertz CT molecular complexity index is 553. The second-order valence-corrected chi connectivity index (χ2v) is 5.63. The first-order valence-electron chi connectivity index (χ1n) is 5.69. The first kappa shape index (κ1) is 12.8. The molecule has 96 valence electrons. The Hall–Kier alpha value is -1.69. The van der Waals surface area contributed by atoms with Gasteiger partial charge in [0.1, 0.15) is 5.82 Å². The van der Waals surface area contributed by atoms with Crippen molar-refractivity contribution in [1.82, 2.24) is 14.5 Å². The van der Waals surface area contributed by atoms with E-state index in [1.165, 1.54) is 0 Å². The highest BCUT2D eigenvalue weighted by atomic mass is 32.2. The normalized spacial score (nSPS) is 12.5. The SMILES string of the molecule is CS(=O)CCCn1cncc1-c1ccnc(N)c1. The number of imidazole rings is 1. The van der Waals surface area contributed by atoms with E-state index in [1.807, 2.05) is 16.7 Å². The van der Waals surface area contributed by atoms with Gasteiger partial charge in [0.05, 0.1) is 18.2 Å². The van der Waals surface area contributed by atoms with Crippen LogP contribution in [-0.2, 0) is 17.3 Å². The van der Waals surface area contributed by atoms with Crippen molar-refractivity contribution < 1.29 is 4.21 Å². The molecule has 1 unspecified atom stereocenters. The molecule has 1 atom stereocenters. The lowest BCUT2D eigenvalue weighted by molar-refractivity contribution is 0.663. The third-order valence-corrected chi connectivity index (χ3v) is 3.48. The zero-order chi connectivity index (χ0) is 13.0. The fraction of sp³-hybridized carbons (Fsp3) is 0.333. The van der Waals surface area contributed by atoms with Crippen LogP contribution >= 0.6 is 0 Å². The van der Waals surface area contributed by atoms with Gasteiger partial charge in [0.2, 0.25) is 0 Å². The molecular weight excluding hydrogens is 248 g/mol. The molecule has 2 heterocycles. The Morgan fingerprint density at radius 3 is 3.06 bits per heavy atom. The van der Waals surface area contributed by atoms with Gasteiger partial charge in [-0.1, -0.05) is 0 Å². The molecule has 0 bridgehead atoms. The molecule has 0 spiro atoms. The van der Waals surface area contributed by atoms with Crippen LogP contribution in [0.1, 0.15) is 6.42 Å². The largest absolute Gasteiger partial charge is 0.384 e. The molecule has 2 N–H and O–H groups in total. The molecule has 5 nitrogen and oxygen atoms in total. The van der Waals surface area contributed by atoms with Crippen molar-refractivity contribution in [2.75, 3.05) is 17.7 Å². The zero-order valence-electron chi connectivity index (χ0n) is 10.2. The van der Waals surface area contributed by atoms with Gasteiger partial charge in [0.15, 0.2) is 0 Å². The zero-order valence-corrected chi connectivity index (χ0v) is 11.1. The number of rotatable bonds is 5. The van der Waals surface area contributed by atoms with Crippen molar-refractivity contribution in [2.45, 2.75) is 13.0 Å². The lowest BCUT2D eigenvalue weighted by atomic mass is 10.2. The van der Waals surface area contributed by atoms with Crippen molar-refractivity contribution in [3.63, 3.8) is 0 Å². The molecular formula is C12H16N4OS. The smallest absolute Gasteiger partial charge is 0.123 e. The van der Waals surface area contributed by atoms with Gasteiger partial charge in [-0.25, -0.2) is 9.97 Å². The summed E-state index contributed by atoms with van der Waals surface area (Å²) in [5.41, 5.74) is 7.68. The second-order valence-electron chi connectivity index (χ2n) is 4.07. The van der Waals surface area contributed by atoms with Crippen LogP contribution in [0, 0.1) is 0 Å². The van der Waals surface area contributed by atoms with Crippen molar-refractivity contribution in [3.05, 3.63) is 30.9 Å². The number of nitrogens with zero attached hydrogens (tertiary/aromatic N) is 3. The van der Waals surface area contributed by atoms with E-state index in [-0.39, 0.29) is 0 Å². The van der Waals surface area contributed by atoms with Gasteiger partial charge in [0.25, 0.3) is 0 Å². The molecule has 0 radical (unpaired) electrons. The van der Waals surface area contributed by atoms with Gasteiger partial charge in [-0.2, -0.15) is 0 Å². The number of pyridine rings is 1. The Morgan fingerprint density at radius 2 is 2.33 bits per heavy atom. The molecule has 18 heavy (non-hydrogen) atoms. The maximum absolute atomic E-state index is 11.0. The van der Waals surface area contributed by atoms with E-state index in [2.05, 4.69) is 9.97 Å². The standard InChI is InChI=1S/C12H16N4OS/c1-18(17)6-2-5-16-9-14-8-11(16)10-3-4-15-12(13)7-10/h3-4,7-9H,2,5-6H2,1H3,(H2,13,15). The number of hydrogen-bond donors (Lipinski definition) is 1. The van der Waals surface area contributed by atoms with Crippen LogP contribution in [0.3, 0.4) is 0 Å². The van der Waals surface area contributed by atoms with E-state index in [4.69, 9.17) is 5.73 Å². The molecule has 6 heteroatoms. The monoisotopic (exact) mass is 264 g/mol. The van der Waals surface area contributed by atoms with Crippen LogP contribution in [0.4, 0.5) is 5.82 Å². The van der Waals surface area contributed by atoms with Crippen LogP contribution in [0.15, 0.2) is 30.9 Å². The predicted molar refractivity (Wildman–Crippen MR) is 73.4 cm³/mol. The van der Waals surface area contributed by atoms with Gasteiger partial charge in [-0.15, -0.1) is 0 Å². The van der Waals surface area contributed by atoms with E-state index in [0.29, 0.717) is 11.6 Å². The number of aromatic nitrogens is 3. The van der Waals surface area contributed by atoms with Crippen LogP contribution in [-0.4, -0.2) is 30.8 Å². The Morgan fingerprint density at radius 1 is 1.50 bits per heavy atom. The van der Waals surface area contributed by atoms with Gasteiger partial charge in [-0.3, -0.25) is 4.21 Å². The third-order valence-electron chi connectivity index (χ3n) is 2.62. The molecule has 2 aromatic rings. The fourth-order valence-electron chi connectivity index (χ4n) is 1.79. The fourth-order valence-corrected chi connectivity index (χ4v) is 2.32. The Balaban J connectivity index is 2.15. The second kappa shape index (κ2) is 5.77. The highest BCUT2D eigenvalue weighted by Crippen LogP contribution is 2.20. The summed E-state index contributed by atoms with van der Waals surface area (Å²) in [5.74, 6) is 1.20. The molecule has 0 saturated carbocycles. The molecule has 0 fully saturated rings. The Kier molecular flexibility index (Phi) is 4.09. The minimum atomic E-state index is -0.746. The summed E-state index contributed by atoms with van der Waals surface area (Å²) in [5, 5.41) is 0. The third kappa shape index (κ3) is 3.16. The number of nitrogen functional groups attached to an aromatic ring is 1. The number of aryl methyl sites for hydroxylation is 1. The van der Waals surface area contributed by atoms with Gasteiger partial charge >= 0.3 is 0 Å². The van der Waals surface area contributed by atoms with E-state index in [9.17, 15) is 4.21 Å². The quantitative estimate of drug-likeness (QED) is 0.883. The number of anilines is 1. The van der Waals surface area contributed by atoms with E-state index in [0.717, 1.165) is 24.2 Å². The summed E-state index contributed by atoms with van der Waals surface area (Å²) in [6.07, 6.45) is 7.86. The van der Waals surface area contributed by atoms with Gasteiger partial charge < -0.3 is 10.3 Å². The summed E-state index contributed by atoms with van der Waals surface area (Å²) in [6, 6.07) is 3.73. The van der Waals surface area contributed by atoms with Crippen molar-refractivity contribution in [2.24, 2.45) is 0 Å². The van der Waals surface area contributed by atoms with Crippen LogP contribution in [0.2, 0.25) is 0 Å². The number of nitrogens with two attached hydrogens (primary N) is 1. The van der Waals surface area contributed by atoms with Crippen molar-refractivity contribution >= 4 is 16.6 Å². The van der Waals surface area contributed by atoms with Crippen LogP contribution in [0.25, 0.3) is 11.3 Å². The summed E-state index contributed by atoms with van der Waals surface area (Å²) >= 11 is 0. The molecule has 0 saturated heterocycles. The van der Waals surface area contributed by atoms with Crippen LogP contribution in [0.5, 0.6) is 0 Å². The molecule has 2 aromatic heterocycles. The molecule has 0 aliphatic rings. The van der Waals surface area contributed by atoms with Crippen LogP contribution < -0.4 is 5.73 Å². The summed E-state index contributed by atoms with van der Waals surface area (Å²) in [6.45, 7) is 0.803. The minimum absolute atomic E-state index is 0.495. The maximum Gasteiger partial charge on any atom is 0.123 e. The molecule has 0 aromatic carbocycles. The average molecular weight is 264 g/mol. The highest BCUT2D eigenvalue weighted by molar-refractivity contribution is 7.84. The Labute approximate surface area is 109 Å². The topological polar surface area (TPSA) is 73.8 Å². The summed E-state index contributed by atoms with van der Waals surface area (Å²) in [4.78, 5) is 8.12. The minimum Gasteiger partial charge on any atom is -0.384 e. The van der Waals surface area contributed by atoms with E-state index >= 15 is 0 Å². The van der Waals surface area contributed by atoms with Gasteiger partial charge in [0, 0.05) is 41.1 Å². The van der Waals surface area contributed by atoms with Crippen molar-refractivity contribution in [3.8, 4) is 11.3 Å². The maximum atomic E-state index is 11.0. The predicted octanol–water partition coefficient (Wildman–Crippen LogP) is 1.30.